The van der Waals surface area contributed by atoms with Gasteiger partial charge in [-0.15, -0.1) is 0 Å². The van der Waals surface area contributed by atoms with Crippen molar-refractivity contribution >= 4 is 29.8 Å². The molecule has 0 heterocycles. The van der Waals surface area contributed by atoms with E-state index < -0.39 is 48.1 Å². The molecule has 0 spiro atoms. The number of aliphatic carboxylic acids is 1. The van der Waals surface area contributed by atoms with Gasteiger partial charge in [0.1, 0.15) is 6.04 Å². The Kier molecular flexibility index (Phi) is 10.1. The van der Waals surface area contributed by atoms with Crippen LogP contribution in [0, 0.1) is 0 Å². The van der Waals surface area contributed by atoms with Gasteiger partial charge < -0.3 is 29.8 Å². The van der Waals surface area contributed by atoms with Gasteiger partial charge in [0.15, 0.2) is 23.7 Å². The lowest BCUT2D eigenvalue weighted by molar-refractivity contribution is -0.145. The van der Waals surface area contributed by atoms with Gasteiger partial charge in [-0.1, -0.05) is 42.5 Å². The van der Waals surface area contributed by atoms with E-state index in [1.54, 1.807) is 36.4 Å². The second kappa shape index (κ2) is 13.7. The van der Waals surface area contributed by atoms with Gasteiger partial charge in [0.25, 0.3) is 0 Å². The number of carboxylic acid groups (broad SMARTS) is 1. The predicted octanol–water partition coefficient (Wildman–Crippen LogP) is 2.94. The summed E-state index contributed by atoms with van der Waals surface area (Å²) in [6.07, 6.45) is -2.81. The molecule has 0 saturated heterocycles. The molecule has 3 aromatic rings. The highest BCUT2D eigenvalue weighted by atomic mass is 16.6. The summed E-state index contributed by atoms with van der Waals surface area (Å²) in [7, 11) is 0. The molecule has 0 fully saturated rings. The van der Waals surface area contributed by atoms with Crippen LogP contribution in [0.4, 0.5) is 0 Å². The van der Waals surface area contributed by atoms with Crippen LogP contribution in [0.1, 0.15) is 40.1 Å². The van der Waals surface area contributed by atoms with Crippen LogP contribution in [0.25, 0.3) is 0 Å². The molecule has 0 aliphatic rings. The molecule has 208 valence electrons. The highest BCUT2D eigenvalue weighted by Gasteiger charge is 2.26. The lowest BCUT2D eigenvalue weighted by Crippen LogP contribution is -2.32. The minimum absolute atomic E-state index is 0.127. The van der Waals surface area contributed by atoms with Gasteiger partial charge in [-0.3, -0.25) is 4.79 Å². The summed E-state index contributed by atoms with van der Waals surface area (Å²) in [5.41, 5.74) is 6.42. The van der Waals surface area contributed by atoms with Gasteiger partial charge in [-0.05, 0) is 62.2 Å². The van der Waals surface area contributed by atoms with Gasteiger partial charge in [0.2, 0.25) is 0 Å². The number of nitrogens with two attached hydrogens (primary N) is 1. The van der Waals surface area contributed by atoms with Gasteiger partial charge in [-0.2, -0.15) is 0 Å². The van der Waals surface area contributed by atoms with E-state index in [2.05, 4.69) is 0 Å². The van der Waals surface area contributed by atoms with E-state index in [4.69, 9.17) is 29.8 Å². The summed E-state index contributed by atoms with van der Waals surface area (Å²) in [4.78, 5) is 61.3. The van der Waals surface area contributed by atoms with Crippen LogP contribution in [-0.4, -0.2) is 53.2 Å². The number of carboxylic acids is 1. The molecule has 0 radical (unpaired) electrons. The van der Waals surface area contributed by atoms with E-state index in [1.165, 1.54) is 56.3 Å². The molecule has 3 N–H and O–H groups in total. The molecule has 1 unspecified atom stereocenters. The number of carbonyl (C=O) groups is 5. The second-order valence-corrected chi connectivity index (χ2v) is 8.60. The molecule has 11 heteroatoms. The summed E-state index contributed by atoms with van der Waals surface area (Å²) in [6, 6.07) is 18.8. The van der Waals surface area contributed by atoms with Crippen molar-refractivity contribution in [3.63, 3.8) is 0 Å². The van der Waals surface area contributed by atoms with E-state index in [-0.39, 0.29) is 29.0 Å². The SMILES string of the molecule is CC(OC(=O)c1ccccc1)C(=O)Oc1ccc(C[C@H](N)C(=O)O)cc1OC(=O)[C@@H](C)OC(=O)c1ccccc1. The average Bonchev–Trinajstić information content (AvgIpc) is 2.94. The third-order valence-electron chi connectivity index (χ3n) is 5.45. The Labute approximate surface area is 229 Å². The van der Waals surface area contributed by atoms with E-state index >= 15 is 0 Å². The van der Waals surface area contributed by atoms with Crippen molar-refractivity contribution in [2.45, 2.75) is 38.5 Å². The molecule has 40 heavy (non-hydrogen) atoms. The summed E-state index contributed by atoms with van der Waals surface area (Å²) < 4.78 is 21.0. The molecular weight excluding hydrogens is 522 g/mol. The van der Waals surface area contributed by atoms with E-state index in [0.29, 0.717) is 5.56 Å². The molecule has 0 aliphatic carbocycles. The third kappa shape index (κ3) is 8.23. The maximum absolute atomic E-state index is 12.8. The number of hydrogen-bond donors (Lipinski definition) is 2. The fourth-order valence-corrected chi connectivity index (χ4v) is 3.27. The first-order valence-electron chi connectivity index (χ1n) is 12.1. The van der Waals surface area contributed by atoms with Crippen molar-refractivity contribution in [3.8, 4) is 11.5 Å². The largest absolute Gasteiger partial charge is 0.480 e. The molecule has 0 aliphatic heterocycles. The smallest absolute Gasteiger partial charge is 0.352 e. The van der Waals surface area contributed by atoms with Gasteiger partial charge >= 0.3 is 29.8 Å². The molecule has 11 nitrogen and oxygen atoms in total. The highest BCUT2D eigenvalue weighted by molar-refractivity contribution is 5.92. The quantitative estimate of drug-likeness (QED) is 0.266. The molecule has 0 amide bonds. The zero-order valence-corrected chi connectivity index (χ0v) is 21.6. The Hall–Kier alpha value is -5.03. The summed E-state index contributed by atoms with van der Waals surface area (Å²) >= 11 is 0. The lowest BCUT2D eigenvalue weighted by Gasteiger charge is -2.17. The zero-order valence-electron chi connectivity index (χ0n) is 21.6. The first-order chi connectivity index (χ1) is 19.0. The molecule has 0 aromatic heterocycles. The third-order valence-corrected chi connectivity index (χ3v) is 5.45. The topological polar surface area (TPSA) is 169 Å². The van der Waals surface area contributed by atoms with Crippen molar-refractivity contribution in [1.29, 1.82) is 0 Å². The minimum atomic E-state index is -1.35. The number of esters is 4. The maximum atomic E-state index is 12.8. The van der Waals surface area contributed by atoms with Crippen LogP contribution in [0.2, 0.25) is 0 Å². The monoisotopic (exact) mass is 549 g/mol. The van der Waals surface area contributed by atoms with E-state index in [9.17, 15) is 24.0 Å². The first kappa shape index (κ1) is 29.5. The summed E-state index contributed by atoms with van der Waals surface area (Å²) in [5.74, 6) is -5.21. The van der Waals surface area contributed by atoms with Crippen LogP contribution in [0.3, 0.4) is 0 Å². The fourth-order valence-electron chi connectivity index (χ4n) is 3.27. The molecule has 0 saturated carbocycles. The Morgan fingerprint density at radius 3 is 1.60 bits per heavy atom. The number of rotatable bonds is 11. The predicted molar refractivity (Wildman–Crippen MR) is 140 cm³/mol. The molecule has 3 atom stereocenters. The van der Waals surface area contributed by atoms with Gasteiger partial charge in [0, 0.05) is 0 Å². The molecule has 0 bridgehead atoms. The van der Waals surface area contributed by atoms with Crippen LogP contribution < -0.4 is 15.2 Å². The van der Waals surface area contributed by atoms with E-state index in [0.717, 1.165) is 0 Å². The van der Waals surface area contributed by atoms with Crippen LogP contribution >= 0.6 is 0 Å². The summed E-state index contributed by atoms with van der Waals surface area (Å²) in [6.45, 7) is 2.60. The average molecular weight is 550 g/mol. The standard InChI is InChI=1S/C29H27NO10/c1-17(37-28(35)20-9-5-3-6-10-20)26(33)39-23-14-13-19(15-22(30)25(31)32)16-24(23)40-27(34)18(2)38-29(36)21-11-7-4-8-12-21/h3-14,16-18,22H,15,30H2,1-2H3,(H,31,32)/t17?,18-,22+/m1/s1. The molecule has 3 aromatic carbocycles. The van der Waals surface area contributed by atoms with Crippen molar-refractivity contribution < 1.29 is 48.0 Å². The van der Waals surface area contributed by atoms with Crippen molar-refractivity contribution in [1.82, 2.24) is 0 Å². The maximum Gasteiger partial charge on any atom is 0.352 e. The van der Waals surface area contributed by atoms with E-state index in [1.807, 2.05) is 0 Å². The van der Waals surface area contributed by atoms with Gasteiger partial charge in [0.05, 0.1) is 11.1 Å². The Balaban J connectivity index is 1.76. The first-order valence-corrected chi connectivity index (χ1v) is 12.1. The second-order valence-electron chi connectivity index (χ2n) is 8.60. The normalized spacial score (nSPS) is 12.8. The van der Waals surface area contributed by atoms with Crippen molar-refractivity contribution in [2.75, 3.05) is 0 Å². The van der Waals surface area contributed by atoms with Crippen LogP contribution in [0.15, 0.2) is 78.9 Å². The fraction of sp³-hybridized carbons (Fsp3) is 0.207. The number of hydrogen-bond acceptors (Lipinski definition) is 10. The Morgan fingerprint density at radius 1 is 0.700 bits per heavy atom. The zero-order chi connectivity index (χ0) is 29.2. The Bertz CT molecular complexity index is 1370. The molecular formula is C29H27NO10. The van der Waals surface area contributed by atoms with Crippen molar-refractivity contribution in [2.24, 2.45) is 5.73 Å². The van der Waals surface area contributed by atoms with Crippen LogP contribution in [0.5, 0.6) is 11.5 Å². The number of benzene rings is 3. The minimum Gasteiger partial charge on any atom is -0.480 e. The van der Waals surface area contributed by atoms with Gasteiger partial charge in [-0.25, -0.2) is 19.2 Å². The van der Waals surface area contributed by atoms with Crippen LogP contribution in [-0.2, 0) is 30.3 Å². The molecule has 3 rings (SSSR count). The highest BCUT2D eigenvalue weighted by Crippen LogP contribution is 2.30. The van der Waals surface area contributed by atoms with Crippen molar-refractivity contribution in [3.05, 3.63) is 95.6 Å². The lowest BCUT2D eigenvalue weighted by atomic mass is 10.1. The number of ether oxygens (including phenoxy) is 4. The summed E-state index contributed by atoms with van der Waals surface area (Å²) in [5, 5.41) is 9.13. The Morgan fingerprint density at radius 2 is 1.15 bits per heavy atom. The number of carbonyl (C=O) groups excluding carboxylic acids is 4.